The maximum absolute atomic E-state index is 11.7. The molecule has 2 aromatic rings. The second-order valence-corrected chi connectivity index (χ2v) is 8.50. The summed E-state index contributed by atoms with van der Waals surface area (Å²) in [6.45, 7) is 5.30. The zero-order chi connectivity index (χ0) is 18.0. The van der Waals surface area contributed by atoms with E-state index in [0.717, 1.165) is 17.8 Å². The van der Waals surface area contributed by atoms with Crippen LogP contribution in [0.15, 0.2) is 24.3 Å². The molecular weight excluding hydrogens is 352 g/mol. The van der Waals surface area contributed by atoms with Gasteiger partial charge < -0.3 is 4.74 Å². The van der Waals surface area contributed by atoms with Crippen LogP contribution in [0.3, 0.4) is 0 Å². The minimum atomic E-state index is -3.32. The first-order chi connectivity index (χ1) is 11.0. The van der Waals surface area contributed by atoms with Crippen molar-refractivity contribution in [1.82, 2.24) is 9.36 Å². The third-order valence-corrected chi connectivity index (χ3v) is 3.72. The fourth-order valence-electron chi connectivity index (χ4n) is 1.68. The molecule has 24 heavy (non-hydrogen) atoms. The van der Waals surface area contributed by atoms with Crippen LogP contribution in [0.1, 0.15) is 20.8 Å². The number of benzene rings is 1. The number of carbonyl (C=O) groups is 1. The molecular formula is C14H18N4O4S2. The molecule has 0 atom stereocenters. The van der Waals surface area contributed by atoms with Crippen LogP contribution >= 0.6 is 11.5 Å². The van der Waals surface area contributed by atoms with Gasteiger partial charge in [0.2, 0.25) is 15.2 Å². The SMILES string of the molecule is CC(C)(C)OC(=O)Nc1nc(-c2ccc(NS(C)(=O)=O)cc2)ns1. The van der Waals surface area contributed by atoms with E-state index < -0.39 is 21.7 Å². The van der Waals surface area contributed by atoms with Crippen molar-refractivity contribution in [2.45, 2.75) is 26.4 Å². The van der Waals surface area contributed by atoms with Crippen LogP contribution in [0.4, 0.5) is 15.6 Å². The van der Waals surface area contributed by atoms with E-state index in [1.807, 2.05) is 0 Å². The lowest BCUT2D eigenvalue weighted by Gasteiger charge is -2.18. The Balaban J connectivity index is 2.06. The summed E-state index contributed by atoms with van der Waals surface area (Å²) >= 11 is 1.03. The van der Waals surface area contributed by atoms with Crippen LogP contribution in [-0.4, -0.2) is 35.7 Å². The minimum Gasteiger partial charge on any atom is -0.444 e. The number of hydrogen-bond acceptors (Lipinski definition) is 7. The van der Waals surface area contributed by atoms with E-state index in [-0.39, 0.29) is 0 Å². The standard InChI is InChI=1S/C14H18N4O4S2/c1-14(2,3)22-13(19)16-12-15-11(17-23-12)9-5-7-10(8-6-9)18-24(4,20)21/h5-8,18H,1-4H3,(H,15,16,17,19). The van der Waals surface area contributed by atoms with Crippen molar-refractivity contribution in [3.63, 3.8) is 0 Å². The first kappa shape index (κ1) is 18.1. The lowest BCUT2D eigenvalue weighted by Crippen LogP contribution is -2.27. The average molecular weight is 370 g/mol. The van der Waals surface area contributed by atoms with Crippen molar-refractivity contribution in [2.24, 2.45) is 0 Å². The van der Waals surface area contributed by atoms with Gasteiger partial charge in [0.1, 0.15) is 5.60 Å². The number of amides is 1. The molecule has 1 heterocycles. The molecule has 0 saturated carbocycles. The maximum Gasteiger partial charge on any atom is 0.414 e. The van der Waals surface area contributed by atoms with E-state index in [1.165, 1.54) is 0 Å². The van der Waals surface area contributed by atoms with Gasteiger partial charge in [-0.25, -0.2) is 13.2 Å². The molecule has 8 nitrogen and oxygen atoms in total. The van der Waals surface area contributed by atoms with Crippen LogP contribution in [0.2, 0.25) is 0 Å². The predicted octanol–water partition coefficient (Wildman–Crippen LogP) is 2.92. The summed E-state index contributed by atoms with van der Waals surface area (Å²) < 4.78 is 34.0. The number of sulfonamides is 1. The molecule has 2 N–H and O–H groups in total. The molecule has 0 aliphatic carbocycles. The largest absolute Gasteiger partial charge is 0.444 e. The van der Waals surface area contributed by atoms with Crippen LogP contribution in [0, 0.1) is 0 Å². The van der Waals surface area contributed by atoms with E-state index in [2.05, 4.69) is 19.4 Å². The Labute approximate surface area is 144 Å². The predicted molar refractivity (Wildman–Crippen MR) is 93.7 cm³/mol. The molecule has 0 aliphatic heterocycles. The number of nitrogens with one attached hydrogen (secondary N) is 2. The van der Waals surface area contributed by atoms with Crippen molar-refractivity contribution in [3.05, 3.63) is 24.3 Å². The summed E-state index contributed by atoms with van der Waals surface area (Å²) in [5.41, 5.74) is 0.547. The Kier molecular flexibility index (Phi) is 5.09. The quantitative estimate of drug-likeness (QED) is 0.856. The topological polar surface area (TPSA) is 110 Å². The molecule has 1 amide bonds. The Morgan fingerprint density at radius 1 is 1.21 bits per heavy atom. The van der Waals surface area contributed by atoms with Crippen molar-refractivity contribution >= 4 is 38.5 Å². The number of rotatable bonds is 4. The van der Waals surface area contributed by atoms with E-state index in [9.17, 15) is 13.2 Å². The molecule has 1 aromatic heterocycles. The van der Waals surface area contributed by atoms with Gasteiger partial charge in [-0.2, -0.15) is 9.36 Å². The third kappa shape index (κ3) is 5.78. The summed E-state index contributed by atoms with van der Waals surface area (Å²) in [4.78, 5) is 15.9. The van der Waals surface area contributed by atoms with Crippen molar-refractivity contribution in [2.75, 3.05) is 16.3 Å². The van der Waals surface area contributed by atoms with Gasteiger partial charge in [-0.15, -0.1) is 0 Å². The van der Waals surface area contributed by atoms with Crippen LogP contribution in [0.25, 0.3) is 11.4 Å². The highest BCUT2D eigenvalue weighted by molar-refractivity contribution is 7.92. The molecule has 0 radical (unpaired) electrons. The highest BCUT2D eigenvalue weighted by Crippen LogP contribution is 2.23. The summed E-state index contributed by atoms with van der Waals surface area (Å²) in [5.74, 6) is 0.428. The Morgan fingerprint density at radius 2 is 1.83 bits per heavy atom. The van der Waals surface area contributed by atoms with Crippen molar-refractivity contribution in [1.29, 1.82) is 0 Å². The smallest absolute Gasteiger partial charge is 0.414 e. The van der Waals surface area contributed by atoms with Gasteiger partial charge in [-0.3, -0.25) is 10.0 Å². The summed E-state index contributed by atoms with van der Waals surface area (Å²) in [5, 5.41) is 2.84. The fraction of sp³-hybridized carbons (Fsp3) is 0.357. The Morgan fingerprint density at radius 3 is 2.38 bits per heavy atom. The van der Waals surface area contributed by atoms with Gasteiger partial charge in [0.25, 0.3) is 0 Å². The lowest BCUT2D eigenvalue weighted by atomic mass is 10.2. The molecule has 1 aromatic carbocycles. The van der Waals surface area contributed by atoms with Gasteiger partial charge in [-0.05, 0) is 45.0 Å². The first-order valence-corrected chi connectivity index (χ1v) is 9.60. The van der Waals surface area contributed by atoms with E-state index >= 15 is 0 Å². The van der Waals surface area contributed by atoms with Gasteiger partial charge >= 0.3 is 6.09 Å². The van der Waals surface area contributed by atoms with Crippen molar-refractivity contribution < 1.29 is 17.9 Å². The van der Waals surface area contributed by atoms with Crippen LogP contribution in [-0.2, 0) is 14.8 Å². The molecule has 0 unspecified atom stereocenters. The third-order valence-electron chi connectivity index (χ3n) is 2.48. The zero-order valence-electron chi connectivity index (χ0n) is 13.7. The van der Waals surface area contributed by atoms with Crippen LogP contribution in [0.5, 0.6) is 0 Å². The second-order valence-electron chi connectivity index (χ2n) is 6.00. The van der Waals surface area contributed by atoms with Gasteiger partial charge in [0.15, 0.2) is 5.82 Å². The van der Waals surface area contributed by atoms with E-state index in [4.69, 9.17) is 4.74 Å². The zero-order valence-corrected chi connectivity index (χ0v) is 15.3. The summed E-state index contributed by atoms with van der Waals surface area (Å²) in [6, 6.07) is 6.59. The van der Waals surface area contributed by atoms with Gasteiger partial charge in [0, 0.05) is 22.8 Å². The molecule has 0 aliphatic rings. The average Bonchev–Trinajstić information content (AvgIpc) is 2.83. The lowest BCUT2D eigenvalue weighted by molar-refractivity contribution is 0.0636. The molecule has 10 heteroatoms. The number of carbonyl (C=O) groups excluding carboxylic acids is 1. The van der Waals surface area contributed by atoms with E-state index in [1.54, 1.807) is 45.0 Å². The van der Waals surface area contributed by atoms with E-state index in [0.29, 0.717) is 22.2 Å². The Hall–Kier alpha value is -2.20. The number of hydrogen-bond donors (Lipinski definition) is 2. The van der Waals surface area contributed by atoms with Gasteiger partial charge in [0.05, 0.1) is 6.26 Å². The molecule has 0 fully saturated rings. The van der Waals surface area contributed by atoms with Crippen molar-refractivity contribution in [3.8, 4) is 11.4 Å². The monoisotopic (exact) mass is 370 g/mol. The maximum atomic E-state index is 11.7. The first-order valence-electron chi connectivity index (χ1n) is 6.94. The van der Waals surface area contributed by atoms with Gasteiger partial charge in [-0.1, -0.05) is 0 Å². The Bertz CT molecular complexity index is 823. The summed E-state index contributed by atoms with van der Waals surface area (Å²) in [7, 11) is -3.32. The fourth-order valence-corrected chi connectivity index (χ4v) is 2.82. The molecule has 2 rings (SSSR count). The highest BCUT2D eigenvalue weighted by Gasteiger charge is 2.18. The number of anilines is 2. The highest BCUT2D eigenvalue weighted by atomic mass is 32.2. The molecule has 0 bridgehead atoms. The number of aromatic nitrogens is 2. The molecule has 0 spiro atoms. The molecule has 0 saturated heterocycles. The van der Waals surface area contributed by atoms with Crippen LogP contribution < -0.4 is 10.0 Å². The minimum absolute atomic E-state index is 0.317. The number of nitrogens with zero attached hydrogens (tertiary/aromatic N) is 2. The molecule has 130 valence electrons. The number of ether oxygens (including phenoxy) is 1. The normalized spacial score (nSPS) is 11.8. The summed E-state index contributed by atoms with van der Waals surface area (Å²) in [6.07, 6.45) is 0.482. The second kappa shape index (κ2) is 6.73.